The highest BCUT2D eigenvalue weighted by molar-refractivity contribution is 5.74. The van der Waals surface area contributed by atoms with Crippen LogP contribution in [-0.2, 0) is 9.53 Å². The van der Waals surface area contributed by atoms with E-state index in [1.165, 1.54) is 26.0 Å². The molecule has 5 heteroatoms. The Morgan fingerprint density at radius 1 is 1.44 bits per heavy atom. The fraction of sp³-hybridized carbons (Fsp3) is 0.462. The largest absolute Gasteiger partial charge is 0.479 e. The van der Waals surface area contributed by atoms with Crippen LogP contribution >= 0.6 is 0 Å². The van der Waals surface area contributed by atoms with E-state index in [0.717, 1.165) is 6.07 Å². The molecule has 0 heterocycles. The second-order valence-electron chi connectivity index (χ2n) is 3.87. The van der Waals surface area contributed by atoms with E-state index < -0.39 is 24.0 Å². The van der Waals surface area contributed by atoms with Crippen molar-refractivity contribution < 1.29 is 23.8 Å². The maximum absolute atomic E-state index is 13.5. The minimum absolute atomic E-state index is 0.186. The number of esters is 1. The Balaban J connectivity index is 2.74. The molecule has 0 fully saturated rings. The molecular weight excluding hydrogens is 239 g/mol. The number of hydrogen-bond acceptors (Lipinski definition) is 4. The van der Waals surface area contributed by atoms with E-state index in [4.69, 9.17) is 9.47 Å². The molecule has 0 amide bonds. The van der Waals surface area contributed by atoms with Gasteiger partial charge in [0.1, 0.15) is 11.6 Å². The van der Waals surface area contributed by atoms with Crippen LogP contribution in [0.2, 0.25) is 0 Å². The lowest BCUT2D eigenvalue weighted by Gasteiger charge is -2.14. The molecule has 2 atom stereocenters. The summed E-state index contributed by atoms with van der Waals surface area (Å²) in [5, 5.41) is 9.28. The first-order valence-electron chi connectivity index (χ1n) is 5.76. The van der Waals surface area contributed by atoms with Crippen molar-refractivity contribution in [2.75, 3.05) is 6.61 Å². The van der Waals surface area contributed by atoms with Gasteiger partial charge in [-0.1, -0.05) is 0 Å². The van der Waals surface area contributed by atoms with Crippen LogP contribution in [0, 0.1) is 5.82 Å². The molecule has 100 valence electrons. The van der Waals surface area contributed by atoms with E-state index in [9.17, 15) is 14.3 Å². The molecule has 1 aromatic carbocycles. The molecule has 1 N–H and O–H groups in total. The summed E-state index contributed by atoms with van der Waals surface area (Å²) in [6.07, 6.45) is -1.69. The molecule has 0 spiro atoms. The van der Waals surface area contributed by atoms with E-state index in [1.807, 2.05) is 0 Å². The van der Waals surface area contributed by atoms with Crippen molar-refractivity contribution in [1.29, 1.82) is 0 Å². The smallest absolute Gasteiger partial charge is 0.347 e. The summed E-state index contributed by atoms with van der Waals surface area (Å²) in [5.41, 5.74) is 0.186. The maximum atomic E-state index is 13.5. The Morgan fingerprint density at radius 2 is 2.11 bits per heavy atom. The van der Waals surface area contributed by atoms with E-state index in [-0.39, 0.29) is 17.9 Å². The molecule has 0 aromatic heterocycles. The average Bonchev–Trinajstić information content (AvgIpc) is 2.28. The van der Waals surface area contributed by atoms with Crippen molar-refractivity contribution in [3.8, 4) is 5.75 Å². The Hall–Kier alpha value is -1.62. The Kier molecular flexibility index (Phi) is 5.09. The summed E-state index contributed by atoms with van der Waals surface area (Å²) >= 11 is 0. The summed E-state index contributed by atoms with van der Waals surface area (Å²) in [4.78, 5) is 11.3. The fourth-order valence-corrected chi connectivity index (χ4v) is 1.43. The number of aliphatic hydroxyl groups is 1. The molecule has 0 bridgehead atoms. The van der Waals surface area contributed by atoms with Crippen molar-refractivity contribution in [1.82, 2.24) is 0 Å². The lowest BCUT2D eigenvalue weighted by molar-refractivity contribution is -0.150. The van der Waals surface area contributed by atoms with Crippen molar-refractivity contribution in [3.05, 3.63) is 29.6 Å². The number of aliphatic hydroxyl groups excluding tert-OH is 1. The second kappa shape index (κ2) is 6.35. The van der Waals surface area contributed by atoms with Crippen molar-refractivity contribution in [2.24, 2.45) is 0 Å². The van der Waals surface area contributed by atoms with Gasteiger partial charge in [-0.3, -0.25) is 0 Å². The van der Waals surface area contributed by atoms with Gasteiger partial charge < -0.3 is 14.6 Å². The molecule has 1 aromatic rings. The van der Waals surface area contributed by atoms with Gasteiger partial charge in [0.05, 0.1) is 12.7 Å². The third-order valence-corrected chi connectivity index (χ3v) is 2.35. The van der Waals surface area contributed by atoms with Crippen molar-refractivity contribution >= 4 is 5.97 Å². The maximum Gasteiger partial charge on any atom is 0.347 e. The number of carbonyl (C=O) groups excluding carboxylic acids is 1. The quantitative estimate of drug-likeness (QED) is 0.821. The topological polar surface area (TPSA) is 55.8 Å². The monoisotopic (exact) mass is 256 g/mol. The molecule has 1 rings (SSSR count). The van der Waals surface area contributed by atoms with Gasteiger partial charge in [0.25, 0.3) is 0 Å². The minimum atomic E-state index is -0.887. The van der Waals surface area contributed by atoms with E-state index in [1.54, 1.807) is 6.92 Å². The van der Waals surface area contributed by atoms with Crippen molar-refractivity contribution in [2.45, 2.75) is 33.0 Å². The van der Waals surface area contributed by atoms with Gasteiger partial charge >= 0.3 is 5.97 Å². The molecule has 18 heavy (non-hydrogen) atoms. The summed E-state index contributed by atoms with van der Waals surface area (Å²) in [7, 11) is 0. The molecule has 0 aliphatic carbocycles. The zero-order chi connectivity index (χ0) is 13.7. The normalized spacial score (nSPS) is 13.8. The summed E-state index contributed by atoms with van der Waals surface area (Å²) < 4.78 is 23.6. The predicted molar refractivity (Wildman–Crippen MR) is 63.8 cm³/mol. The van der Waals surface area contributed by atoms with Crippen LogP contribution in [0.25, 0.3) is 0 Å². The number of rotatable bonds is 5. The molecule has 0 aliphatic rings. The summed E-state index contributed by atoms with van der Waals surface area (Å²) in [5.74, 6) is -0.853. The minimum Gasteiger partial charge on any atom is -0.479 e. The van der Waals surface area contributed by atoms with Gasteiger partial charge in [-0.15, -0.1) is 0 Å². The fourth-order valence-electron chi connectivity index (χ4n) is 1.43. The SMILES string of the molecule is CCOC(=O)C(C)Oc1ccc(C(C)O)c(F)c1. The van der Waals surface area contributed by atoms with E-state index in [2.05, 4.69) is 0 Å². The Labute approximate surface area is 105 Å². The highest BCUT2D eigenvalue weighted by Crippen LogP contribution is 2.22. The third kappa shape index (κ3) is 3.70. The summed E-state index contributed by atoms with van der Waals surface area (Å²) in [6, 6.07) is 4.06. The van der Waals surface area contributed by atoms with Gasteiger partial charge in [0.2, 0.25) is 0 Å². The molecule has 0 aliphatic heterocycles. The Morgan fingerprint density at radius 3 is 2.61 bits per heavy atom. The average molecular weight is 256 g/mol. The lowest BCUT2D eigenvalue weighted by atomic mass is 10.1. The zero-order valence-corrected chi connectivity index (χ0v) is 10.6. The predicted octanol–water partition coefficient (Wildman–Crippen LogP) is 2.21. The highest BCUT2D eigenvalue weighted by atomic mass is 19.1. The first-order valence-corrected chi connectivity index (χ1v) is 5.76. The van der Waals surface area contributed by atoms with Crippen molar-refractivity contribution in [3.63, 3.8) is 0 Å². The molecule has 4 nitrogen and oxygen atoms in total. The highest BCUT2D eigenvalue weighted by Gasteiger charge is 2.17. The van der Waals surface area contributed by atoms with Crippen LogP contribution in [0.4, 0.5) is 4.39 Å². The molecule has 0 saturated heterocycles. The van der Waals surface area contributed by atoms with E-state index >= 15 is 0 Å². The van der Waals surface area contributed by atoms with Gasteiger partial charge in [0.15, 0.2) is 6.10 Å². The lowest BCUT2D eigenvalue weighted by Crippen LogP contribution is -2.26. The van der Waals surface area contributed by atoms with Gasteiger partial charge in [-0.05, 0) is 32.9 Å². The van der Waals surface area contributed by atoms with Crippen LogP contribution in [-0.4, -0.2) is 23.8 Å². The van der Waals surface area contributed by atoms with Crippen LogP contribution < -0.4 is 4.74 Å². The van der Waals surface area contributed by atoms with Gasteiger partial charge in [0, 0.05) is 11.6 Å². The standard InChI is InChI=1S/C13H17FO4/c1-4-17-13(16)9(3)18-10-5-6-11(8(2)15)12(14)7-10/h5-9,15H,4H2,1-3H3. The molecular formula is C13H17FO4. The first kappa shape index (κ1) is 14.4. The molecule has 0 saturated carbocycles. The van der Waals surface area contributed by atoms with E-state index in [0.29, 0.717) is 0 Å². The van der Waals surface area contributed by atoms with Crippen LogP contribution in [0.15, 0.2) is 18.2 Å². The number of halogens is 1. The zero-order valence-electron chi connectivity index (χ0n) is 10.6. The number of benzene rings is 1. The summed E-state index contributed by atoms with van der Waals surface area (Å²) in [6.45, 7) is 4.96. The Bertz CT molecular complexity index is 417. The molecule has 2 unspecified atom stereocenters. The van der Waals surface area contributed by atoms with Crippen LogP contribution in [0.5, 0.6) is 5.75 Å². The number of hydrogen-bond donors (Lipinski definition) is 1. The van der Waals surface area contributed by atoms with Gasteiger partial charge in [-0.2, -0.15) is 0 Å². The number of carbonyl (C=O) groups is 1. The number of ether oxygens (including phenoxy) is 2. The van der Waals surface area contributed by atoms with Crippen LogP contribution in [0.3, 0.4) is 0 Å². The van der Waals surface area contributed by atoms with Crippen LogP contribution in [0.1, 0.15) is 32.4 Å². The first-order chi connectivity index (χ1) is 8.45. The molecule has 0 radical (unpaired) electrons. The second-order valence-corrected chi connectivity index (χ2v) is 3.87. The third-order valence-electron chi connectivity index (χ3n) is 2.35. The van der Waals surface area contributed by atoms with Gasteiger partial charge in [-0.25, -0.2) is 9.18 Å².